The molecule has 1 unspecified atom stereocenters. The minimum absolute atomic E-state index is 0.177. The normalized spacial score (nSPS) is 12.8. The predicted molar refractivity (Wildman–Crippen MR) is 127 cm³/mol. The van der Waals surface area contributed by atoms with Gasteiger partial charge in [0.25, 0.3) is 11.5 Å². The number of likely N-dealkylation sites (N-methyl/N-ethyl adjacent to an activating group) is 1. The fourth-order valence-corrected chi connectivity index (χ4v) is 5.24. The molecule has 0 radical (unpaired) electrons. The monoisotopic (exact) mass is 556 g/mol. The fourth-order valence-electron chi connectivity index (χ4n) is 3.61. The average molecular weight is 557 g/mol. The van der Waals surface area contributed by atoms with Gasteiger partial charge in [0.2, 0.25) is 10.0 Å². The number of hydrogen-bond acceptors (Lipinski definition) is 7. The number of benzene rings is 2. The van der Waals surface area contributed by atoms with Crippen molar-refractivity contribution in [2.75, 3.05) is 6.54 Å². The largest absolute Gasteiger partial charge is 0.457 e. The van der Waals surface area contributed by atoms with Crippen LogP contribution >= 0.6 is 0 Å². The number of amides is 1. The van der Waals surface area contributed by atoms with Crippen molar-refractivity contribution in [2.45, 2.75) is 37.0 Å². The second-order valence-corrected chi connectivity index (χ2v) is 9.74. The number of hydrogen-bond donors (Lipinski definition) is 3. The van der Waals surface area contributed by atoms with Gasteiger partial charge in [0.15, 0.2) is 0 Å². The summed E-state index contributed by atoms with van der Waals surface area (Å²) in [6.07, 6.45) is -5.49. The molecule has 0 bridgehead atoms. The van der Waals surface area contributed by atoms with E-state index in [1.54, 1.807) is 30.3 Å². The maximum absolute atomic E-state index is 13.4. The zero-order chi connectivity index (χ0) is 28.1. The third-order valence-electron chi connectivity index (χ3n) is 5.43. The van der Waals surface area contributed by atoms with E-state index in [1.165, 1.54) is 41.7 Å². The van der Waals surface area contributed by atoms with E-state index in [0.29, 0.717) is 16.1 Å². The van der Waals surface area contributed by atoms with Gasteiger partial charge in [-0.25, -0.2) is 18.7 Å². The van der Waals surface area contributed by atoms with Gasteiger partial charge < -0.3 is 9.72 Å². The third-order valence-corrected chi connectivity index (χ3v) is 7.43. The Balaban J connectivity index is 1.87. The number of alkyl halides is 3. The Bertz CT molecular complexity index is 1460. The molecule has 3 aromatic rings. The Morgan fingerprint density at radius 2 is 1.71 bits per heavy atom. The highest BCUT2D eigenvalue weighted by Crippen LogP contribution is 2.27. The molecule has 0 fully saturated rings. The van der Waals surface area contributed by atoms with E-state index >= 15 is 0 Å². The molecule has 1 aromatic heterocycles. The molecule has 204 valence electrons. The molecule has 1 amide bonds. The van der Waals surface area contributed by atoms with E-state index in [1.807, 2.05) is 0 Å². The minimum atomic E-state index is -4.97. The Morgan fingerprint density at radius 1 is 1.11 bits per heavy atom. The van der Waals surface area contributed by atoms with Crippen LogP contribution in [0.4, 0.5) is 13.2 Å². The van der Waals surface area contributed by atoms with Gasteiger partial charge in [-0.1, -0.05) is 25.1 Å². The number of H-pyrrole nitrogens is 1. The summed E-state index contributed by atoms with van der Waals surface area (Å²) >= 11 is 0. The number of rotatable bonds is 10. The highest BCUT2D eigenvalue weighted by atomic mass is 32.2. The van der Waals surface area contributed by atoms with Crippen molar-refractivity contribution in [1.82, 2.24) is 19.3 Å². The quantitative estimate of drug-likeness (QED) is 0.256. The number of aromatic nitrogens is 2. The van der Waals surface area contributed by atoms with Crippen molar-refractivity contribution in [3.8, 4) is 11.5 Å². The van der Waals surface area contributed by atoms with Gasteiger partial charge in [0, 0.05) is 19.2 Å². The lowest BCUT2D eigenvalue weighted by Crippen LogP contribution is -2.50. The number of ether oxygens (including phenoxy) is 1. The van der Waals surface area contributed by atoms with Crippen LogP contribution in [0, 0.1) is 0 Å². The topological polar surface area (TPSA) is 151 Å². The summed E-state index contributed by atoms with van der Waals surface area (Å²) in [7, 11) is -4.36. The van der Waals surface area contributed by atoms with Crippen LogP contribution in [0.3, 0.4) is 0 Å². The molecule has 38 heavy (non-hydrogen) atoms. The first-order chi connectivity index (χ1) is 17.9. The minimum Gasteiger partial charge on any atom is -0.457 e. The molecule has 1 heterocycles. The van der Waals surface area contributed by atoms with Crippen LogP contribution in [0.1, 0.15) is 19.0 Å². The number of carbonyl (C=O) groups excluding carboxylic acids is 1. The van der Waals surface area contributed by atoms with Gasteiger partial charge in [0.1, 0.15) is 23.2 Å². The number of nitrogens with one attached hydrogen (secondary N) is 2. The predicted octanol–water partition coefficient (Wildman–Crippen LogP) is 2.32. The third kappa shape index (κ3) is 6.48. The van der Waals surface area contributed by atoms with Crippen LogP contribution in [-0.4, -0.2) is 46.0 Å². The molecule has 0 spiro atoms. The molecule has 2 aromatic carbocycles. The van der Waals surface area contributed by atoms with Gasteiger partial charge in [-0.3, -0.25) is 19.4 Å². The summed E-state index contributed by atoms with van der Waals surface area (Å²) in [5.74, 6) is -0.314. The van der Waals surface area contributed by atoms with Crippen molar-refractivity contribution in [3.05, 3.63) is 87.2 Å². The number of para-hydroxylation sites is 1. The smallest absolute Gasteiger partial charge is 0.431 e. The van der Waals surface area contributed by atoms with Crippen molar-refractivity contribution >= 4 is 15.9 Å². The van der Waals surface area contributed by atoms with Crippen LogP contribution in [0.25, 0.3) is 0 Å². The van der Waals surface area contributed by atoms with Gasteiger partial charge >= 0.3 is 11.9 Å². The maximum atomic E-state index is 13.4. The molecule has 3 N–H and O–H groups in total. The zero-order valence-electron chi connectivity index (χ0n) is 19.8. The average Bonchev–Trinajstić information content (AvgIpc) is 2.87. The van der Waals surface area contributed by atoms with Gasteiger partial charge in [-0.15, -0.1) is 0 Å². The van der Waals surface area contributed by atoms with Gasteiger partial charge in [-0.2, -0.15) is 17.5 Å². The molecule has 0 saturated carbocycles. The van der Waals surface area contributed by atoms with Crippen LogP contribution in [0.5, 0.6) is 11.5 Å². The van der Waals surface area contributed by atoms with Crippen molar-refractivity contribution in [3.63, 3.8) is 0 Å². The molecular formula is C23H23F3N4O7S. The number of carbonyl (C=O) groups is 1. The molecule has 1 atom stereocenters. The summed E-state index contributed by atoms with van der Waals surface area (Å²) in [4.78, 5) is 38.0. The number of aromatic amines is 1. The number of hydroxylamine groups is 1. The first-order valence-electron chi connectivity index (χ1n) is 11.1. The lowest BCUT2D eigenvalue weighted by atomic mass is 10.2. The molecule has 0 aliphatic heterocycles. The molecule has 0 aliphatic rings. The van der Waals surface area contributed by atoms with E-state index in [2.05, 4.69) is 0 Å². The molecule has 15 heteroatoms. The van der Waals surface area contributed by atoms with Crippen molar-refractivity contribution in [1.29, 1.82) is 0 Å². The summed E-state index contributed by atoms with van der Waals surface area (Å²) in [5, 5.41) is 9.20. The molecule has 0 aliphatic carbocycles. The van der Waals surface area contributed by atoms with E-state index < -0.39 is 58.1 Å². The summed E-state index contributed by atoms with van der Waals surface area (Å²) in [5.41, 5.74) is -2.90. The lowest BCUT2D eigenvalue weighted by Gasteiger charge is -2.28. The summed E-state index contributed by atoms with van der Waals surface area (Å²) in [6, 6.07) is 12.6. The first-order valence-corrected chi connectivity index (χ1v) is 12.5. The van der Waals surface area contributed by atoms with Crippen LogP contribution < -0.4 is 21.5 Å². The van der Waals surface area contributed by atoms with E-state index in [0.717, 1.165) is 4.31 Å². The Morgan fingerprint density at radius 3 is 2.24 bits per heavy atom. The van der Waals surface area contributed by atoms with E-state index in [4.69, 9.17) is 4.74 Å². The second kappa shape index (κ2) is 11.6. The van der Waals surface area contributed by atoms with Crippen LogP contribution in [-0.2, 0) is 27.5 Å². The molecular weight excluding hydrogens is 533 g/mol. The SMILES string of the molecule is CCN(C(CCn1c(=O)cc(C(F)(F)F)[nH]c1=O)C(=O)NO)S(=O)(=O)c1ccc(Oc2ccccc2)cc1. The van der Waals surface area contributed by atoms with Crippen molar-refractivity contribution in [2.24, 2.45) is 0 Å². The van der Waals surface area contributed by atoms with E-state index in [9.17, 15) is 41.2 Å². The Hall–Kier alpha value is -3.95. The standard InChI is InChI=1S/C23H23F3N4O7S/c1-2-30(38(35,36)17-10-8-16(9-11-17)37-15-6-4-3-5-7-15)18(21(32)28-34)12-13-29-20(31)14-19(23(24,25)26)27-22(29)33/h3-11,14,18,34H,2,12-13H2,1H3,(H,27,33)(H,28,32). The molecule has 0 saturated heterocycles. The fraction of sp³-hybridized carbons (Fsp3) is 0.261. The Labute approximate surface area is 214 Å². The van der Waals surface area contributed by atoms with Gasteiger partial charge in [0.05, 0.1) is 4.90 Å². The summed E-state index contributed by atoms with van der Waals surface area (Å²) < 4.78 is 72.0. The van der Waals surface area contributed by atoms with Crippen molar-refractivity contribution < 1.29 is 36.3 Å². The molecule has 11 nitrogen and oxygen atoms in total. The number of sulfonamides is 1. The highest BCUT2D eigenvalue weighted by Gasteiger charge is 2.36. The maximum Gasteiger partial charge on any atom is 0.431 e. The number of nitrogens with zero attached hydrogens (tertiary/aromatic N) is 2. The van der Waals surface area contributed by atoms with Crippen LogP contribution in [0.15, 0.2) is 75.1 Å². The van der Waals surface area contributed by atoms with E-state index in [-0.39, 0.29) is 17.5 Å². The highest BCUT2D eigenvalue weighted by molar-refractivity contribution is 7.89. The molecule has 3 rings (SSSR count). The second-order valence-electron chi connectivity index (χ2n) is 7.85. The summed E-state index contributed by atoms with van der Waals surface area (Å²) in [6.45, 7) is 0.528. The Kier molecular flexibility index (Phi) is 8.75. The van der Waals surface area contributed by atoms with Crippen LogP contribution in [0.2, 0.25) is 0 Å². The number of halogens is 3. The van der Waals surface area contributed by atoms with Gasteiger partial charge in [-0.05, 0) is 42.8 Å². The first kappa shape index (κ1) is 28.6. The lowest BCUT2D eigenvalue weighted by molar-refractivity contribution is -0.141. The zero-order valence-corrected chi connectivity index (χ0v) is 20.6.